The lowest BCUT2D eigenvalue weighted by atomic mass is 10.1. The first-order chi connectivity index (χ1) is 16.1. The summed E-state index contributed by atoms with van der Waals surface area (Å²) in [5, 5.41) is 4.33. The molecule has 2 aromatic carbocycles. The summed E-state index contributed by atoms with van der Waals surface area (Å²) in [5.74, 6) is 0.127. The standard InChI is InChI=1S/C26H30N4O2S/c1-18-16-20(29-14-6-7-15-29)12-13-22(18)27-24(31)17-33-26-28-23-11-5-4-10-21(23)25(32)30(26)19-8-2-3-9-19/h4-5,10-13,16,19H,2-3,6-9,14-15,17H2,1H3,(H,27,31). The van der Waals surface area contributed by atoms with E-state index in [4.69, 9.17) is 4.98 Å². The summed E-state index contributed by atoms with van der Waals surface area (Å²) < 4.78 is 1.84. The molecule has 172 valence electrons. The number of benzene rings is 2. The summed E-state index contributed by atoms with van der Waals surface area (Å²) in [6.07, 6.45) is 6.71. The zero-order valence-corrected chi connectivity index (χ0v) is 19.9. The number of amides is 1. The van der Waals surface area contributed by atoms with Crippen molar-refractivity contribution in [2.75, 3.05) is 29.1 Å². The maximum atomic E-state index is 13.3. The molecule has 33 heavy (non-hydrogen) atoms. The Kier molecular flexibility index (Phi) is 6.40. The Morgan fingerprint density at radius 1 is 1.09 bits per heavy atom. The molecule has 0 atom stereocenters. The molecule has 1 aliphatic carbocycles. The summed E-state index contributed by atoms with van der Waals surface area (Å²) >= 11 is 1.35. The molecule has 5 rings (SSSR count). The number of carbonyl (C=O) groups excluding carboxylic acids is 1. The van der Waals surface area contributed by atoms with Crippen molar-refractivity contribution in [3.05, 3.63) is 58.4 Å². The molecule has 1 saturated heterocycles. The van der Waals surface area contributed by atoms with E-state index < -0.39 is 0 Å². The molecule has 3 aromatic rings. The molecular weight excluding hydrogens is 432 g/mol. The molecule has 1 N–H and O–H groups in total. The topological polar surface area (TPSA) is 67.2 Å². The molecule has 0 radical (unpaired) electrons. The lowest BCUT2D eigenvalue weighted by Crippen LogP contribution is -2.27. The highest BCUT2D eigenvalue weighted by Gasteiger charge is 2.23. The van der Waals surface area contributed by atoms with Gasteiger partial charge in [-0.15, -0.1) is 0 Å². The Hall–Kier alpha value is -2.80. The maximum Gasteiger partial charge on any atom is 0.262 e. The molecule has 1 saturated carbocycles. The molecule has 1 aliphatic heterocycles. The van der Waals surface area contributed by atoms with Crippen molar-refractivity contribution in [1.29, 1.82) is 0 Å². The molecule has 2 aliphatic rings. The summed E-state index contributed by atoms with van der Waals surface area (Å²) in [5.41, 5.74) is 3.81. The smallest absolute Gasteiger partial charge is 0.262 e. The molecule has 6 nitrogen and oxygen atoms in total. The molecule has 0 spiro atoms. The summed E-state index contributed by atoms with van der Waals surface area (Å²) in [6.45, 7) is 4.23. The summed E-state index contributed by atoms with van der Waals surface area (Å²) in [4.78, 5) is 33.2. The van der Waals surface area contributed by atoms with Gasteiger partial charge in [-0.3, -0.25) is 14.2 Å². The normalized spacial score (nSPS) is 16.6. The van der Waals surface area contributed by atoms with Crippen molar-refractivity contribution >= 4 is 39.9 Å². The Labute approximate surface area is 198 Å². The van der Waals surface area contributed by atoms with E-state index in [9.17, 15) is 9.59 Å². The van der Waals surface area contributed by atoms with Gasteiger partial charge in [0.05, 0.1) is 16.7 Å². The van der Waals surface area contributed by atoms with E-state index in [0.29, 0.717) is 16.1 Å². The highest BCUT2D eigenvalue weighted by atomic mass is 32.2. The highest BCUT2D eigenvalue weighted by molar-refractivity contribution is 7.99. The van der Waals surface area contributed by atoms with Gasteiger partial charge in [0, 0.05) is 30.5 Å². The minimum atomic E-state index is -0.0857. The summed E-state index contributed by atoms with van der Waals surface area (Å²) in [6, 6.07) is 13.9. The van der Waals surface area contributed by atoms with Crippen LogP contribution in [0.4, 0.5) is 11.4 Å². The van der Waals surface area contributed by atoms with Gasteiger partial charge in [0.2, 0.25) is 5.91 Å². The minimum Gasteiger partial charge on any atom is -0.372 e. The molecule has 7 heteroatoms. The predicted molar refractivity (Wildman–Crippen MR) is 135 cm³/mol. The Bertz CT molecular complexity index is 1230. The molecule has 1 amide bonds. The van der Waals surface area contributed by atoms with Crippen LogP contribution >= 0.6 is 11.8 Å². The van der Waals surface area contributed by atoms with Crippen LogP contribution in [0.2, 0.25) is 0 Å². The number of aromatic nitrogens is 2. The van der Waals surface area contributed by atoms with Crippen molar-refractivity contribution in [2.24, 2.45) is 0 Å². The lowest BCUT2D eigenvalue weighted by Gasteiger charge is -2.20. The third-order valence-corrected chi connectivity index (χ3v) is 7.71. The quantitative estimate of drug-likeness (QED) is 0.405. The zero-order valence-electron chi connectivity index (χ0n) is 19.0. The van der Waals surface area contributed by atoms with Crippen LogP contribution in [0, 0.1) is 6.92 Å². The van der Waals surface area contributed by atoms with E-state index in [0.717, 1.165) is 50.0 Å². The number of hydrogen-bond donors (Lipinski definition) is 1. The van der Waals surface area contributed by atoms with Crippen LogP contribution < -0.4 is 15.8 Å². The van der Waals surface area contributed by atoms with Crippen LogP contribution in [-0.4, -0.2) is 34.3 Å². The van der Waals surface area contributed by atoms with Gasteiger partial charge < -0.3 is 10.2 Å². The van der Waals surface area contributed by atoms with Crippen LogP contribution in [0.5, 0.6) is 0 Å². The highest BCUT2D eigenvalue weighted by Crippen LogP contribution is 2.32. The van der Waals surface area contributed by atoms with E-state index in [1.807, 2.05) is 41.8 Å². The second-order valence-electron chi connectivity index (χ2n) is 9.06. The third kappa shape index (κ3) is 4.64. The van der Waals surface area contributed by atoms with Crippen molar-refractivity contribution in [3.8, 4) is 0 Å². The Morgan fingerprint density at radius 2 is 1.85 bits per heavy atom. The number of carbonyl (C=O) groups is 1. The first kappa shape index (κ1) is 22.0. The first-order valence-corrected chi connectivity index (χ1v) is 12.9. The number of hydrogen-bond acceptors (Lipinski definition) is 5. The third-order valence-electron chi connectivity index (χ3n) is 6.75. The predicted octanol–water partition coefficient (Wildman–Crippen LogP) is 5.15. The number of nitrogens with one attached hydrogen (secondary N) is 1. The van der Waals surface area contributed by atoms with E-state index in [-0.39, 0.29) is 23.3 Å². The van der Waals surface area contributed by atoms with E-state index >= 15 is 0 Å². The molecule has 1 aromatic heterocycles. The second-order valence-corrected chi connectivity index (χ2v) is 10.00. The van der Waals surface area contributed by atoms with Gasteiger partial charge in [0.25, 0.3) is 5.56 Å². The molecule has 2 fully saturated rings. The average molecular weight is 463 g/mol. The SMILES string of the molecule is Cc1cc(N2CCCC2)ccc1NC(=O)CSc1nc2ccccc2c(=O)n1C1CCCC1. The number of thioether (sulfide) groups is 1. The fraction of sp³-hybridized carbons (Fsp3) is 0.423. The summed E-state index contributed by atoms with van der Waals surface area (Å²) in [7, 11) is 0. The van der Waals surface area contributed by atoms with Crippen LogP contribution in [0.15, 0.2) is 52.4 Å². The van der Waals surface area contributed by atoms with Crippen LogP contribution in [0.3, 0.4) is 0 Å². The molecule has 2 heterocycles. The fourth-order valence-electron chi connectivity index (χ4n) is 4.99. The number of fused-ring (bicyclic) bond motifs is 1. The Morgan fingerprint density at radius 3 is 2.61 bits per heavy atom. The van der Waals surface area contributed by atoms with Gasteiger partial charge in [-0.2, -0.15) is 0 Å². The van der Waals surface area contributed by atoms with Crippen molar-refractivity contribution in [3.63, 3.8) is 0 Å². The van der Waals surface area contributed by atoms with Crippen molar-refractivity contribution in [2.45, 2.75) is 56.6 Å². The fourth-order valence-corrected chi connectivity index (χ4v) is 5.85. The van der Waals surface area contributed by atoms with Crippen LogP contribution in [0.1, 0.15) is 50.1 Å². The number of aryl methyl sites for hydroxylation is 1. The molecular formula is C26H30N4O2S. The van der Waals surface area contributed by atoms with Gasteiger partial charge in [-0.25, -0.2) is 4.98 Å². The number of rotatable bonds is 6. The van der Waals surface area contributed by atoms with Gasteiger partial charge in [0.15, 0.2) is 5.16 Å². The van der Waals surface area contributed by atoms with Gasteiger partial charge in [-0.1, -0.05) is 36.7 Å². The lowest BCUT2D eigenvalue weighted by molar-refractivity contribution is -0.113. The average Bonchev–Trinajstić information content (AvgIpc) is 3.54. The van der Waals surface area contributed by atoms with E-state index in [1.54, 1.807) is 0 Å². The minimum absolute atomic E-state index is 0.00348. The van der Waals surface area contributed by atoms with E-state index in [1.165, 1.54) is 30.3 Å². The molecule has 0 unspecified atom stereocenters. The number of para-hydroxylation sites is 1. The number of anilines is 2. The van der Waals surface area contributed by atoms with Gasteiger partial charge in [-0.05, 0) is 68.5 Å². The Balaban J connectivity index is 1.32. The van der Waals surface area contributed by atoms with Crippen molar-refractivity contribution < 1.29 is 4.79 Å². The van der Waals surface area contributed by atoms with Crippen LogP contribution in [-0.2, 0) is 4.79 Å². The second kappa shape index (κ2) is 9.59. The maximum absolute atomic E-state index is 13.3. The van der Waals surface area contributed by atoms with E-state index in [2.05, 4.69) is 22.3 Å². The molecule has 0 bridgehead atoms. The number of nitrogens with zero attached hydrogens (tertiary/aromatic N) is 3. The largest absolute Gasteiger partial charge is 0.372 e. The monoisotopic (exact) mass is 462 g/mol. The van der Waals surface area contributed by atoms with Crippen molar-refractivity contribution in [1.82, 2.24) is 9.55 Å². The first-order valence-electron chi connectivity index (χ1n) is 11.9. The van der Waals surface area contributed by atoms with Gasteiger partial charge >= 0.3 is 0 Å². The van der Waals surface area contributed by atoms with Crippen LogP contribution in [0.25, 0.3) is 10.9 Å². The zero-order chi connectivity index (χ0) is 22.8. The van der Waals surface area contributed by atoms with Gasteiger partial charge in [0.1, 0.15) is 0 Å².